The molecule has 0 amide bonds. The third kappa shape index (κ3) is 3.43. The molecule has 1 aromatic rings. The van der Waals surface area contributed by atoms with E-state index < -0.39 is 0 Å². The molecule has 1 aromatic carbocycles. The van der Waals surface area contributed by atoms with E-state index in [4.69, 9.17) is 0 Å². The van der Waals surface area contributed by atoms with Gasteiger partial charge in [0.2, 0.25) is 0 Å². The standard InChI is InChI=1S/C16H24N2O/c1-12-5-6-15(13(2)9-12)16(19)11-18-8-7-14(10-18)17(3)4/h5-6,9,14H,7-8,10-11H2,1-4H3. The zero-order chi connectivity index (χ0) is 14.0. The van der Waals surface area contributed by atoms with Crippen LogP contribution in [0.2, 0.25) is 0 Å². The third-order valence-corrected chi connectivity index (χ3v) is 4.03. The summed E-state index contributed by atoms with van der Waals surface area (Å²) >= 11 is 0. The summed E-state index contributed by atoms with van der Waals surface area (Å²) < 4.78 is 0. The predicted molar refractivity (Wildman–Crippen MR) is 78.8 cm³/mol. The number of aryl methyl sites for hydroxylation is 2. The summed E-state index contributed by atoms with van der Waals surface area (Å²) in [6, 6.07) is 6.66. The topological polar surface area (TPSA) is 23.6 Å². The van der Waals surface area contributed by atoms with Crippen LogP contribution in [0.15, 0.2) is 18.2 Å². The second-order valence-corrected chi connectivity index (χ2v) is 5.88. The van der Waals surface area contributed by atoms with Crippen LogP contribution in [0.4, 0.5) is 0 Å². The number of nitrogens with zero attached hydrogens (tertiary/aromatic N) is 2. The van der Waals surface area contributed by atoms with Crippen LogP contribution in [0.5, 0.6) is 0 Å². The second-order valence-electron chi connectivity index (χ2n) is 5.88. The molecule has 0 bridgehead atoms. The van der Waals surface area contributed by atoms with E-state index in [-0.39, 0.29) is 5.78 Å². The van der Waals surface area contributed by atoms with Gasteiger partial charge in [-0.25, -0.2) is 0 Å². The summed E-state index contributed by atoms with van der Waals surface area (Å²) in [4.78, 5) is 16.9. The largest absolute Gasteiger partial charge is 0.305 e. The first-order valence-corrected chi connectivity index (χ1v) is 6.96. The molecule has 19 heavy (non-hydrogen) atoms. The SMILES string of the molecule is Cc1ccc(C(=O)CN2CCC(N(C)C)C2)c(C)c1. The van der Waals surface area contributed by atoms with Gasteiger partial charge in [-0.15, -0.1) is 0 Å². The summed E-state index contributed by atoms with van der Waals surface area (Å²) in [6.07, 6.45) is 1.16. The molecule has 0 spiro atoms. The first kappa shape index (κ1) is 14.2. The smallest absolute Gasteiger partial charge is 0.177 e. The van der Waals surface area contributed by atoms with Gasteiger partial charge in [0.1, 0.15) is 0 Å². The van der Waals surface area contributed by atoms with Crippen molar-refractivity contribution < 1.29 is 4.79 Å². The Morgan fingerprint density at radius 3 is 2.68 bits per heavy atom. The van der Waals surface area contributed by atoms with Gasteiger partial charge in [0.25, 0.3) is 0 Å². The minimum Gasteiger partial charge on any atom is -0.305 e. The molecule has 0 aromatic heterocycles. The lowest BCUT2D eigenvalue weighted by atomic mass is 10.0. The molecule has 1 fully saturated rings. The normalized spacial score (nSPS) is 20.2. The molecule has 3 heteroatoms. The van der Waals surface area contributed by atoms with Gasteiger partial charge in [-0.05, 0) is 39.9 Å². The van der Waals surface area contributed by atoms with Gasteiger partial charge in [0.05, 0.1) is 6.54 Å². The van der Waals surface area contributed by atoms with Gasteiger partial charge in [0, 0.05) is 24.7 Å². The number of hydrogen-bond acceptors (Lipinski definition) is 3. The lowest BCUT2D eigenvalue weighted by Crippen LogP contribution is -2.33. The Hall–Kier alpha value is -1.19. The van der Waals surface area contributed by atoms with Crippen LogP contribution in [0.3, 0.4) is 0 Å². The van der Waals surface area contributed by atoms with Crippen LogP contribution in [0, 0.1) is 13.8 Å². The summed E-state index contributed by atoms with van der Waals surface area (Å²) in [6.45, 7) is 6.66. The zero-order valence-corrected chi connectivity index (χ0v) is 12.4. The molecule has 1 unspecified atom stereocenters. The summed E-state index contributed by atoms with van der Waals surface area (Å²) in [5.41, 5.74) is 3.18. The molecular weight excluding hydrogens is 236 g/mol. The Morgan fingerprint density at radius 1 is 1.37 bits per heavy atom. The van der Waals surface area contributed by atoms with E-state index >= 15 is 0 Å². The van der Waals surface area contributed by atoms with Gasteiger partial charge in [0.15, 0.2) is 5.78 Å². The Morgan fingerprint density at radius 2 is 2.11 bits per heavy atom. The molecule has 0 N–H and O–H groups in total. The highest BCUT2D eigenvalue weighted by Crippen LogP contribution is 2.16. The Balaban J connectivity index is 1.98. The molecule has 3 nitrogen and oxygen atoms in total. The second kappa shape index (κ2) is 5.85. The molecule has 1 aliphatic heterocycles. The minimum atomic E-state index is 0.247. The van der Waals surface area contributed by atoms with Gasteiger partial charge in [-0.1, -0.05) is 23.8 Å². The minimum absolute atomic E-state index is 0.247. The van der Waals surface area contributed by atoms with Crippen molar-refractivity contribution >= 4 is 5.78 Å². The number of hydrogen-bond donors (Lipinski definition) is 0. The Kier molecular flexibility index (Phi) is 4.38. The van der Waals surface area contributed by atoms with E-state index in [0.717, 1.165) is 30.6 Å². The summed E-state index contributed by atoms with van der Waals surface area (Å²) in [5, 5.41) is 0. The molecule has 1 heterocycles. The van der Waals surface area contributed by atoms with Crippen molar-refractivity contribution in [1.29, 1.82) is 0 Å². The van der Waals surface area contributed by atoms with Crippen molar-refractivity contribution in [2.75, 3.05) is 33.7 Å². The van der Waals surface area contributed by atoms with Crippen molar-refractivity contribution in [2.45, 2.75) is 26.3 Å². The monoisotopic (exact) mass is 260 g/mol. The third-order valence-electron chi connectivity index (χ3n) is 4.03. The molecule has 0 saturated carbocycles. The number of carbonyl (C=O) groups excluding carboxylic acids is 1. The van der Waals surface area contributed by atoms with Crippen molar-refractivity contribution in [2.24, 2.45) is 0 Å². The molecule has 2 rings (SSSR count). The zero-order valence-electron chi connectivity index (χ0n) is 12.4. The maximum Gasteiger partial charge on any atom is 0.177 e. The van der Waals surface area contributed by atoms with Crippen LogP contribution in [-0.2, 0) is 0 Å². The summed E-state index contributed by atoms with van der Waals surface area (Å²) in [5.74, 6) is 0.247. The van der Waals surface area contributed by atoms with Crippen molar-refractivity contribution in [3.05, 3.63) is 34.9 Å². The molecule has 1 atom stereocenters. The highest BCUT2D eigenvalue weighted by atomic mass is 16.1. The first-order chi connectivity index (χ1) is 8.97. The van der Waals surface area contributed by atoms with Crippen molar-refractivity contribution in [3.63, 3.8) is 0 Å². The van der Waals surface area contributed by atoms with Crippen LogP contribution in [0.25, 0.3) is 0 Å². The van der Waals surface area contributed by atoms with E-state index in [2.05, 4.69) is 36.9 Å². The number of Topliss-reactive ketones (excluding diaryl/α,β-unsaturated/α-hetero) is 1. The van der Waals surface area contributed by atoms with Crippen LogP contribution in [-0.4, -0.2) is 55.4 Å². The van der Waals surface area contributed by atoms with Gasteiger partial charge >= 0.3 is 0 Å². The summed E-state index contributed by atoms with van der Waals surface area (Å²) in [7, 11) is 4.22. The molecule has 0 radical (unpaired) electrons. The number of benzene rings is 1. The van der Waals surface area contributed by atoms with E-state index in [1.165, 1.54) is 5.56 Å². The van der Waals surface area contributed by atoms with E-state index in [1.54, 1.807) is 0 Å². The fraction of sp³-hybridized carbons (Fsp3) is 0.562. The van der Waals surface area contributed by atoms with E-state index in [0.29, 0.717) is 12.6 Å². The van der Waals surface area contributed by atoms with Crippen molar-refractivity contribution in [1.82, 2.24) is 9.80 Å². The Bertz CT molecular complexity index is 468. The fourth-order valence-corrected chi connectivity index (χ4v) is 2.79. The average Bonchev–Trinajstić information content (AvgIpc) is 2.77. The van der Waals surface area contributed by atoms with E-state index in [1.807, 2.05) is 19.1 Å². The molecule has 1 aliphatic rings. The molecule has 104 valence electrons. The maximum absolute atomic E-state index is 12.4. The number of ketones is 1. The van der Waals surface area contributed by atoms with Gasteiger partial charge in [-0.2, -0.15) is 0 Å². The fourth-order valence-electron chi connectivity index (χ4n) is 2.79. The van der Waals surface area contributed by atoms with Crippen LogP contribution < -0.4 is 0 Å². The average molecular weight is 260 g/mol. The van der Waals surface area contributed by atoms with Gasteiger partial charge in [-0.3, -0.25) is 9.69 Å². The first-order valence-electron chi connectivity index (χ1n) is 6.96. The van der Waals surface area contributed by atoms with Crippen molar-refractivity contribution in [3.8, 4) is 0 Å². The lowest BCUT2D eigenvalue weighted by molar-refractivity contribution is 0.0941. The number of likely N-dealkylation sites (tertiary alicyclic amines) is 1. The quantitative estimate of drug-likeness (QED) is 0.775. The Labute approximate surface area is 116 Å². The molecular formula is C16H24N2O. The highest BCUT2D eigenvalue weighted by molar-refractivity contribution is 5.99. The van der Waals surface area contributed by atoms with Crippen LogP contribution >= 0.6 is 0 Å². The van der Waals surface area contributed by atoms with Crippen LogP contribution in [0.1, 0.15) is 27.9 Å². The number of likely N-dealkylation sites (N-methyl/N-ethyl adjacent to an activating group) is 1. The maximum atomic E-state index is 12.4. The number of rotatable bonds is 4. The molecule has 1 saturated heterocycles. The predicted octanol–water partition coefficient (Wildman–Crippen LogP) is 2.12. The lowest BCUT2D eigenvalue weighted by Gasteiger charge is -2.20. The van der Waals surface area contributed by atoms with E-state index in [9.17, 15) is 4.79 Å². The number of carbonyl (C=O) groups is 1. The molecule has 0 aliphatic carbocycles. The van der Waals surface area contributed by atoms with Gasteiger partial charge < -0.3 is 4.90 Å². The highest BCUT2D eigenvalue weighted by Gasteiger charge is 2.25.